The van der Waals surface area contributed by atoms with Crippen molar-refractivity contribution in [3.63, 3.8) is 0 Å². The predicted molar refractivity (Wildman–Crippen MR) is 74.6 cm³/mol. The summed E-state index contributed by atoms with van der Waals surface area (Å²) in [6.07, 6.45) is 4.03. The third-order valence-electron chi connectivity index (χ3n) is 3.95. The van der Waals surface area contributed by atoms with Crippen molar-refractivity contribution in [2.45, 2.75) is 56.5 Å². The van der Waals surface area contributed by atoms with E-state index in [9.17, 15) is 13.2 Å². The topological polar surface area (TPSA) is 66.5 Å². The lowest BCUT2D eigenvalue weighted by Crippen LogP contribution is -2.45. The Labute approximate surface area is 119 Å². The Morgan fingerprint density at radius 1 is 1.32 bits per heavy atom. The number of amides is 1. The molecule has 19 heavy (non-hydrogen) atoms. The van der Waals surface area contributed by atoms with Gasteiger partial charge in [-0.2, -0.15) is 4.31 Å². The van der Waals surface area contributed by atoms with E-state index in [1.165, 1.54) is 0 Å². The molecule has 1 saturated carbocycles. The third kappa shape index (κ3) is 3.61. The molecule has 1 atom stereocenters. The highest BCUT2D eigenvalue weighted by Gasteiger charge is 2.36. The summed E-state index contributed by atoms with van der Waals surface area (Å²) in [6, 6.07) is 0.254. The summed E-state index contributed by atoms with van der Waals surface area (Å²) in [5.41, 5.74) is 0. The quantitative estimate of drug-likeness (QED) is 0.793. The Hall–Kier alpha value is -0.330. The van der Waals surface area contributed by atoms with E-state index in [0.717, 1.165) is 32.1 Å². The molecule has 5 nitrogen and oxygen atoms in total. The van der Waals surface area contributed by atoms with Gasteiger partial charge in [-0.1, -0.05) is 0 Å². The molecule has 2 rings (SSSR count). The van der Waals surface area contributed by atoms with Crippen molar-refractivity contribution in [3.05, 3.63) is 0 Å². The van der Waals surface area contributed by atoms with Gasteiger partial charge in [-0.25, -0.2) is 8.42 Å². The molecule has 1 heterocycles. The normalized spacial score (nSPS) is 32.9. The number of carbonyl (C=O) groups excluding carboxylic acids is 1. The number of sulfonamides is 1. The second-order valence-electron chi connectivity index (χ2n) is 5.41. The molecule has 0 aromatic carbocycles. The van der Waals surface area contributed by atoms with Crippen molar-refractivity contribution in [2.75, 3.05) is 12.3 Å². The first kappa shape index (κ1) is 15.1. The molecule has 1 unspecified atom stereocenters. The summed E-state index contributed by atoms with van der Waals surface area (Å²) < 4.78 is 25.4. The zero-order chi connectivity index (χ0) is 14.0. The zero-order valence-electron chi connectivity index (χ0n) is 11.1. The molecule has 1 aliphatic carbocycles. The summed E-state index contributed by atoms with van der Waals surface area (Å²) in [6.45, 7) is 2.31. The average Bonchev–Trinajstić information content (AvgIpc) is 2.70. The SMILES string of the molecule is CC(Cl)C(=O)NC1CCC(N2CCCS2(=O)=O)CC1. The lowest BCUT2D eigenvalue weighted by Gasteiger charge is -2.34. The van der Waals surface area contributed by atoms with Gasteiger partial charge >= 0.3 is 0 Å². The van der Waals surface area contributed by atoms with Crippen LogP contribution in [0, 0.1) is 0 Å². The molecular weight excluding hydrogens is 288 g/mol. The molecule has 0 aromatic heterocycles. The minimum atomic E-state index is -3.02. The van der Waals surface area contributed by atoms with Crippen molar-refractivity contribution in [1.82, 2.24) is 9.62 Å². The molecular formula is C12H21ClN2O3S. The Bertz CT molecular complexity index is 430. The molecule has 0 aromatic rings. The lowest BCUT2D eigenvalue weighted by atomic mass is 9.91. The number of rotatable bonds is 3. The molecule has 0 radical (unpaired) electrons. The molecule has 1 saturated heterocycles. The third-order valence-corrected chi connectivity index (χ3v) is 6.15. The van der Waals surface area contributed by atoms with E-state index >= 15 is 0 Å². The summed E-state index contributed by atoms with van der Waals surface area (Å²) in [5.74, 6) is 0.145. The fourth-order valence-electron chi connectivity index (χ4n) is 2.89. The largest absolute Gasteiger partial charge is 0.352 e. The van der Waals surface area contributed by atoms with Gasteiger partial charge in [0.2, 0.25) is 15.9 Å². The Morgan fingerprint density at radius 2 is 1.95 bits per heavy atom. The van der Waals surface area contributed by atoms with E-state index in [1.54, 1.807) is 11.2 Å². The summed E-state index contributed by atoms with van der Waals surface area (Å²) in [5, 5.41) is 2.39. The highest BCUT2D eigenvalue weighted by atomic mass is 35.5. The van der Waals surface area contributed by atoms with Crippen LogP contribution in [0.1, 0.15) is 39.0 Å². The van der Waals surface area contributed by atoms with Crippen molar-refractivity contribution in [2.24, 2.45) is 0 Å². The number of hydrogen-bond acceptors (Lipinski definition) is 3. The maximum atomic E-state index is 11.8. The molecule has 0 bridgehead atoms. The van der Waals surface area contributed by atoms with Crippen molar-refractivity contribution >= 4 is 27.5 Å². The predicted octanol–water partition coefficient (Wildman–Crippen LogP) is 1.08. The van der Waals surface area contributed by atoms with Crippen LogP contribution in [0.2, 0.25) is 0 Å². The molecule has 7 heteroatoms. The first-order valence-electron chi connectivity index (χ1n) is 6.84. The monoisotopic (exact) mass is 308 g/mol. The first-order valence-corrected chi connectivity index (χ1v) is 8.88. The van der Waals surface area contributed by atoms with E-state index in [-0.39, 0.29) is 23.7 Å². The fourth-order valence-corrected chi connectivity index (χ4v) is 4.76. The number of nitrogens with one attached hydrogen (secondary N) is 1. The zero-order valence-corrected chi connectivity index (χ0v) is 12.7. The van der Waals surface area contributed by atoms with Crippen LogP contribution in [-0.2, 0) is 14.8 Å². The van der Waals surface area contributed by atoms with E-state index < -0.39 is 15.4 Å². The molecule has 1 amide bonds. The second kappa shape index (κ2) is 5.97. The summed E-state index contributed by atoms with van der Waals surface area (Å²) in [7, 11) is -3.02. The van der Waals surface area contributed by atoms with Crippen LogP contribution >= 0.6 is 11.6 Å². The van der Waals surface area contributed by atoms with Crippen molar-refractivity contribution < 1.29 is 13.2 Å². The van der Waals surface area contributed by atoms with Gasteiger partial charge in [0.05, 0.1) is 5.75 Å². The number of nitrogens with zero attached hydrogens (tertiary/aromatic N) is 1. The van der Waals surface area contributed by atoms with Gasteiger partial charge in [-0.3, -0.25) is 4.79 Å². The molecule has 110 valence electrons. The molecule has 2 fully saturated rings. The standard InChI is InChI=1S/C12H21ClN2O3S/c1-9(13)12(16)14-10-3-5-11(6-4-10)15-7-2-8-19(15,17)18/h9-11H,2-8H2,1H3,(H,14,16). The Morgan fingerprint density at radius 3 is 2.42 bits per heavy atom. The van der Waals surface area contributed by atoms with E-state index in [4.69, 9.17) is 11.6 Å². The van der Waals surface area contributed by atoms with Crippen LogP contribution in [0.15, 0.2) is 0 Å². The molecule has 2 aliphatic rings. The lowest BCUT2D eigenvalue weighted by molar-refractivity contribution is -0.121. The van der Waals surface area contributed by atoms with Crippen LogP contribution in [-0.4, -0.2) is 48.4 Å². The van der Waals surface area contributed by atoms with Gasteiger partial charge in [-0.15, -0.1) is 11.6 Å². The average molecular weight is 309 g/mol. The van der Waals surface area contributed by atoms with Gasteiger partial charge in [0.25, 0.3) is 0 Å². The van der Waals surface area contributed by atoms with Crippen LogP contribution in [0.25, 0.3) is 0 Å². The van der Waals surface area contributed by atoms with E-state index in [2.05, 4.69) is 5.32 Å². The van der Waals surface area contributed by atoms with Gasteiger partial charge in [0.15, 0.2) is 0 Å². The van der Waals surface area contributed by atoms with Gasteiger partial charge in [-0.05, 0) is 39.0 Å². The van der Waals surface area contributed by atoms with Crippen LogP contribution in [0.4, 0.5) is 0 Å². The molecule has 1 aliphatic heterocycles. The van der Waals surface area contributed by atoms with E-state index in [1.807, 2.05) is 0 Å². The highest BCUT2D eigenvalue weighted by molar-refractivity contribution is 7.89. The number of carbonyl (C=O) groups is 1. The number of alkyl halides is 1. The van der Waals surface area contributed by atoms with Crippen LogP contribution < -0.4 is 5.32 Å². The minimum Gasteiger partial charge on any atom is -0.352 e. The Kier molecular flexibility index (Phi) is 4.74. The van der Waals surface area contributed by atoms with Gasteiger partial charge in [0.1, 0.15) is 5.38 Å². The van der Waals surface area contributed by atoms with Crippen LogP contribution in [0.5, 0.6) is 0 Å². The fraction of sp³-hybridized carbons (Fsp3) is 0.917. The first-order chi connectivity index (χ1) is 8.90. The van der Waals surface area contributed by atoms with Crippen molar-refractivity contribution in [1.29, 1.82) is 0 Å². The highest BCUT2D eigenvalue weighted by Crippen LogP contribution is 2.28. The summed E-state index contributed by atoms with van der Waals surface area (Å²) >= 11 is 5.72. The van der Waals surface area contributed by atoms with Crippen molar-refractivity contribution in [3.8, 4) is 0 Å². The Balaban J connectivity index is 1.84. The minimum absolute atomic E-state index is 0.120. The van der Waals surface area contributed by atoms with E-state index in [0.29, 0.717) is 6.54 Å². The smallest absolute Gasteiger partial charge is 0.237 e. The van der Waals surface area contributed by atoms with Gasteiger partial charge < -0.3 is 5.32 Å². The number of halogens is 1. The molecule has 1 N–H and O–H groups in total. The molecule has 0 spiro atoms. The number of hydrogen-bond donors (Lipinski definition) is 1. The maximum Gasteiger partial charge on any atom is 0.237 e. The van der Waals surface area contributed by atoms with Crippen LogP contribution in [0.3, 0.4) is 0 Å². The maximum absolute atomic E-state index is 11.8. The summed E-state index contributed by atoms with van der Waals surface area (Å²) in [4.78, 5) is 11.5. The van der Waals surface area contributed by atoms with Gasteiger partial charge in [0, 0.05) is 18.6 Å². The second-order valence-corrected chi connectivity index (χ2v) is 8.11.